The highest BCUT2D eigenvalue weighted by Gasteiger charge is 2.31. The minimum absolute atomic E-state index is 0.0930. The Hall–Kier alpha value is -4.80. The molecule has 5 rings (SSSR count). The number of carbonyl (C=O) groups excluding carboxylic acids is 2. The summed E-state index contributed by atoms with van der Waals surface area (Å²) in [6.07, 6.45) is -0.896. The Bertz CT molecular complexity index is 1590. The second-order valence-electron chi connectivity index (χ2n) is 10.2. The number of aromatic nitrogens is 2. The number of phenols is 1. The van der Waals surface area contributed by atoms with Crippen molar-refractivity contribution in [3.05, 3.63) is 95.2 Å². The van der Waals surface area contributed by atoms with Gasteiger partial charge in [0.2, 0.25) is 0 Å². The van der Waals surface area contributed by atoms with Crippen molar-refractivity contribution < 1.29 is 32.6 Å². The van der Waals surface area contributed by atoms with Gasteiger partial charge in [-0.15, -0.1) is 13.2 Å². The van der Waals surface area contributed by atoms with Crippen molar-refractivity contribution in [1.29, 1.82) is 0 Å². The maximum atomic E-state index is 13.3. The van der Waals surface area contributed by atoms with Crippen molar-refractivity contribution in [3.63, 3.8) is 0 Å². The molecule has 8 nitrogen and oxygen atoms in total. The van der Waals surface area contributed by atoms with Crippen LogP contribution in [0, 0.1) is 6.92 Å². The molecule has 3 N–H and O–H groups in total. The number of hydrogen-bond donors (Lipinski definition) is 3. The number of alkyl halides is 3. The Morgan fingerprint density at radius 1 is 1.02 bits per heavy atom. The molecule has 218 valence electrons. The SMILES string of the molecule is Cc1ccccc1CNC(=O)n1nc(-c2cc(NC(=O)c3ccc(OC(F)(F)F)cc3)ccc2O)cc1C1CCCC1. The second kappa shape index (κ2) is 12.0. The van der Waals surface area contributed by atoms with Gasteiger partial charge in [0, 0.05) is 29.3 Å². The molecule has 42 heavy (non-hydrogen) atoms. The van der Waals surface area contributed by atoms with Crippen molar-refractivity contribution in [2.45, 2.75) is 51.4 Å². The number of hydrogen-bond acceptors (Lipinski definition) is 5. The molecule has 0 saturated heterocycles. The molecule has 2 amide bonds. The van der Waals surface area contributed by atoms with E-state index in [-0.39, 0.29) is 23.3 Å². The summed E-state index contributed by atoms with van der Waals surface area (Å²) < 4.78 is 42.5. The monoisotopic (exact) mass is 578 g/mol. The van der Waals surface area contributed by atoms with E-state index in [1.807, 2.05) is 31.2 Å². The summed E-state index contributed by atoms with van der Waals surface area (Å²) in [5, 5.41) is 20.9. The topological polar surface area (TPSA) is 105 Å². The lowest BCUT2D eigenvalue weighted by atomic mass is 10.0. The van der Waals surface area contributed by atoms with Gasteiger partial charge in [-0.25, -0.2) is 4.79 Å². The fourth-order valence-electron chi connectivity index (χ4n) is 5.09. The van der Waals surface area contributed by atoms with Crippen LogP contribution in [-0.2, 0) is 6.54 Å². The summed E-state index contributed by atoms with van der Waals surface area (Å²) in [5.74, 6) is -0.963. The second-order valence-corrected chi connectivity index (χ2v) is 10.2. The molecule has 11 heteroatoms. The first-order valence-electron chi connectivity index (χ1n) is 13.5. The molecular weight excluding hydrogens is 549 g/mol. The highest BCUT2D eigenvalue weighted by molar-refractivity contribution is 6.04. The van der Waals surface area contributed by atoms with E-state index in [1.165, 1.54) is 35.0 Å². The Kier molecular flexibility index (Phi) is 8.19. The van der Waals surface area contributed by atoms with E-state index in [4.69, 9.17) is 0 Å². The quantitative estimate of drug-likeness (QED) is 0.202. The third kappa shape index (κ3) is 6.73. The van der Waals surface area contributed by atoms with Gasteiger partial charge in [-0.3, -0.25) is 4.79 Å². The van der Waals surface area contributed by atoms with Crippen molar-refractivity contribution in [2.75, 3.05) is 5.32 Å². The van der Waals surface area contributed by atoms with Crippen LogP contribution in [0.5, 0.6) is 11.5 Å². The van der Waals surface area contributed by atoms with Crippen LogP contribution >= 0.6 is 0 Å². The lowest BCUT2D eigenvalue weighted by Gasteiger charge is -2.13. The summed E-state index contributed by atoms with van der Waals surface area (Å²) in [5.41, 5.74) is 3.91. The zero-order valence-electron chi connectivity index (χ0n) is 22.7. The Morgan fingerprint density at radius 3 is 2.43 bits per heavy atom. The molecule has 1 aromatic heterocycles. The van der Waals surface area contributed by atoms with E-state index >= 15 is 0 Å². The normalized spacial score (nSPS) is 13.6. The lowest BCUT2D eigenvalue weighted by Crippen LogP contribution is -2.31. The largest absolute Gasteiger partial charge is 0.573 e. The average Bonchev–Trinajstić information content (AvgIpc) is 3.64. The molecule has 1 saturated carbocycles. The highest BCUT2D eigenvalue weighted by Crippen LogP contribution is 2.38. The molecule has 3 aromatic carbocycles. The summed E-state index contributed by atoms with van der Waals surface area (Å²) in [6, 6.07) is 18.1. The fourth-order valence-corrected chi connectivity index (χ4v) is 5.09. The van der Waals surface area contributed by atoms with Gasteiger partial charge >= 0.3 is 12.4 Å². The Morgan fingerprint density at radius 2 is 1.74 bits per heavy atom. The van der Waals surface area contributed by atoms with Crippen molar-refractivity contribution in [1.82, 2.24) is 15.1 Å². The molecule has 0 aliphatic heterocycles. The van der Waals surface area contributed by atoms with E-state index in [1.54, 1.807) is 6.07 Å². The van der Waals surface area contributed by atoms with Crippen LogP contribution in [0.3, 0.4) is 0 Å². The van der Waals surface area contributed by atoms with Crippen LogP contribution in [0.25, 0.3) is 11.3 Å². The smallest absolute Gasteiger partial charge is 0.507 e. The number of carbonyl (C=O) groups is 2. The molecule has 1 fully saturated rings. The minimum Gasteiger partial charge on any atom is -0.507 e. The van der Waals surface area contributed by atoms with Crippen LogP contribution in [0.4, 0.5) is 23.7 Å². The van der Waals surface area contributed by atoms with Gasteiger partial charge in [0.15, 0.2) is 0 Å². The zero-order valence-corrected chi connectivity index (χ0v) is 22.7. The number of nitrogens with zero attached hydrogens (tertiary/aromatic N) is 2. The van der Waals surface area contributed by atoms with E-state index in [0.717, 1.165) is 54.6 Å². The third-order valence-corrected chi connectivity index (χ3v) is 7.27. The summed E-state index contributed by atoms with van der Waals surface area (Å²) >= 11 is 0. The predicted octanol–water partition coefficient (Wildman–Crippen LogP) is 7.13. The number of ether oxygens (including phenoxy) is 1. The number of aromatic hydroxyl groups is 1. The van der Waals surface area contributed by atoms with Gasteiger partial charge < -0.3 is 20.5 Å². The van der Waals surface area contributed by atoms with Crippen LogP contribution in [0.15, 0.2) is 72.8 Å². The van der Waals surface area contributed by atoms with E-state index in [0.29, 0.717) is 23.5 Å². The van der Waals surface area contributed by atoms with Gasteiger partial charge in [-0.05, 0) is 79.4 Å². The van der Waals surface area contributed by atoms with Crippen LogP contribution in [0.1, 0.15) is 58.8 Å². The number of phenolic OH excluding ortho intramolecular Hbond substituents is 1. The van der Waals surface area contributed by atoms with E-state index in [2.05, 4.69) is 20.5 Å². The molecule has 0 bridgehead atoms. The molecule has 0 radical (unpaired) electrons. The summed E-state index contributed by atoms with van der Waals surface area (Å²) in [7, 11) is 0. The number of amides is 2. The first-order valence-corrected chi connectivity index (χ1v) is 13.5. The zero-order chi connectivity index (χ0) is 29.9. The molecule has 1 aliphatic rings. The average molecular weight is 579 g/mol. The standard InChI is InChI=1S/C31H29F3N4O4/c1-19-6-2-3-9-22(19)18-35-30(41)38-27(20-7-4-5-8-20)17-26(37-38)25-16-23(12-15-28(25)39)36-29(40)21-10-13-24(14-11-21)42-31(32,33)34/h2-3,6,9-17,20,39H,4-5,7-8,18H2,1H3,(H,35,41)(H,36,40). The van der Waals surface area contributed by atoms with Crippen LogP contribution < -0.4 is 15.4 Å². The van der Waals surface area contributed by atoms with Crippen LogP contribution in [-0.4, -0.2) is 33.2 Å². The number of rotatable bonds is 7. The number of benzene rings is 3. The molecule has 0 spiro atoms. The van der Waals surface area contributed by atoms with Crippen LogP contribution in [0.2, 0.25) is 0 Å². The molecule has 1 heterocycles. The van der Waals surface area contributed by atoms with Gasteiger partial charge in [0.1, 0.15) is 11.5 Å². The van der Waals surface area contributed by atoms with E-state index in [9.17, 15) is 27.9 Å². The predicted molar refractivity (Wildman–Crippen MR) is 150 cm³/mol. The van der Waals surface area contributed by atoms with Crippen molar-refractivity contribution >= 4 is 17.6 Å². The number of nitrogens with one attached hydrogen (secondary N) is 2. The molecule has 1 aliphatic carbocycles. The van der Waals surface area contributed by atoms with Gasteiger partial charge in [0.05, 0.1) is 11.4 Å². The number of aryl methyl sites for hydroxylation is 1. The molecule has 4 aromatic rings. The van der Waals surface area contributed by atoms with Gasteiger partial charge in [0.25, 0.3) is 5.91 Å². The van der Waals surface area contributed by atoms with Crippen molar-refractivity contribution in [3.8, 4) is 22.8 Å². The number of halogens is 3. The first-order chi connectivity index (χ1) is 20.1. The molecular formula is C31H29F3N4O4. The molecule has 0 unspecified atom stereocenters. The lowest BCUT2D eigenvalue weighted by molar-refractivity contribution is -0.274. The Balaban J connectivity index is 1.37. The Labute approximate surface area is 240 Å². The summed E-state index contributed by atoms with van der Waals surface area (Å²) in [4.78, 5) is 26.1. The maximum absolute atomic E-state index is 13.3. The fraction of sp³-hybridized carbons (Fsp3) is 0.258. The number of anilines is 1. The van der Waals surface area contributed by atoms with Gasteiger partial charge in [-0.2, -0.15) is 9.78 Å². The minimum atomic E-state index is -4.83. The van der Waals surface area contributed by atoms with Crippen molar-refractivity contribution in [2.24, 2.45) is 0 Å². The first kappa shape index (κ1) is 28.7. The van der Waals surface area contributed by atoms with E-state index < -0.39 is 18.0 Å². The third-order valence-electron chi connectivity index (χ3n) is 7.27. The van der Waals surface area contributed by atoms with Gasteiger partial charge in [-0.1, -0.05) is 37.1 Å². The molecule has 0 atom stereocenters. The maximum Gasteiger partial charge on any atom is 0.573 e. The summed E-state index contributed by atoms with van der Waals surface area (Å²) in [6.45, 7) is 2.31. The highest BCUT2D eigenvalue weighted by atomic mass is 19.4.